The summed E-state index contributed by atoms with van der Waals surface area (Å²) in [5, 5.41) is 27.6. The van der Waals surface area contributed by atoms with Crippen molar-refractivity contribution >= 4 is 0 Å². The topological polar surface area (TPSA) is 60.7 Å². The summed E-state index contributed by atoms with van der Waals surface area (Å²) < 4.78 is 0. The Balaban J connectivity index is 0.000000183. The lowest BCUT2D eigenvalue weighted by Gasteiger charge is -2.04. The molecule has 3 N–H and O–H groups in total. The van der Waals surface area contributed by atoms with Gasteiger partial charge in [0.15, 0.2) is 11.5 Å². The second-order valence-electron chi connectivity index (χ2n) is 6.79. The maximum Gasteiger partial charge on any atom is 0.157 e. The lowest BCUT2D eigenvalue weighted by Crippen LogP contribution is -2.02. The zero-order valence-electron chi connectivity index (χ0n) is 13.4. The van der Waals surface area contributed by atoms with Gasteiger partial charge in [-0.05, 0) is 67.7 Å². The van der Waals surface area contributed by atoms with Gasteiger partial charge in [-0.15, -0.1) is 0 Å². The average molecular weight is 312 g/mol. The molecule has 2 aliphatic rings. The molecule has 2 saturated carbocycles. The highest BCUT2D eigenvalue weighted by Crippen LogP contribution is 2.51. The van der Waals surface area contributed by atoms with Crippen molar-refractivity contribution in [2.75, 3.05) is 0 Å². The monoisotopic (exact) mass is 312 g/mol. The minimum Gasteiger partial charge on any atom is -0.504 e. The fraction of sp³-hybridized carbons (Fsp3) is 0.400. The molecule has 2 aromatic rings. The normalized spacial score (nSPS) is 24.5. The molecule has 2 aliphatic carbocycles. The predicted octanol–water partition coefficient (Wildman–Crippen LogP) is 3.77. The molecular formula is C20H24O3. The number of aliphatic hydroxyl groups is 1. The second kappa shape index (κ2) is 6.63. The Labute approximate surface area is 137 Å². The molecule has 0 saturated heterocycles. The minimum absolute atomic E-state index is 0.0652. The van der Waals surface area contributed by atoms with Gasteiger partial charge < -0.3 is 15.3 Å². The van der Waals surface area contributed by atoms with E-state index >= 15 is 0 Å². The number of aryl methyl sites for hydroxylation is 1. The number of phenols is 2. The third kappa shape index (κ3) is 4.05. The summed E-state index contributed by atoms with van der Waals surface area (Å²) in [4.78, 5) is 0. The molecule has 0 radical (unpaired) electrons. The van der Waals surface area contributed by atoms with Gasteiger partial charge in [0, 0.05) is 0 Å². The Morgan fingerprint density at radius 1 is 0.913 bits per heavy atom. The first-order valence-corrected chi connectivity index (χ1v) is 8.27. The van der Waals surface area contributed by atoms with Gasteiger partial charge in [0.25, 0.3) is 0 Å². The molecule has 0 aliphatic heterocycles. The lowest BCUT2D eigenvalue weighted by atomic mass is 10.0. The first-order valence-electron chi connectivity index (χ1n) is 8.27. The molecular weight excluding hydrogens is 288 g/mol. The van der Waals surface area contributed by atoms with Gasteiger partial charge in [0.1, 0.15) is 0 Å². The van der Waals surface area contributed by atoms with Gasteiger partial charge in [-0.2, -0.15) is 0 Å². The highest BCUT2D eigenvalue weighted by atomic mass is 16.3. The van der Waals surface area contributed by atoms with E-state index in [0.717, 1.165) is 30.2 Å². The van der Waals surface area contributed by atoms with Crippen LogP contribution < -0.4 is 0 Å². The molecule has 3 nitrogen and oxygen atoms in total. The molecule has 0 amide bonds. The van der Waals surface area contributed by atoms with Crippen molar-refractivity contribution in [1.29, 1.82) is 0 Å². The van der Waals surface area contributed by atoms with Crippen LogP contribution in [0.1, 0.15) is 36.0 Å². The van der Waals surface area contributed by atoms with Crippen LogP contribution in [0.2, 0.25) is 0 Å². The van der Waals surface area contributed by atoms with Crippen molar-refractivity contribution in [3.63, 3.8) is 0 Å². The number of phenolic OH excluding ortho intramolecular Hbond substituents is 2. The standard InChI is InChI=1S/C14H14O2.C6H10O/c1-10-2-4-11(5-3-10)8-12-6-7-13(15)14(16)9-12;7-6-2-1-4-3-5(4)6/h2-7,9,15-16H,8H2,1H3;4-7H,1-3H2. The summed E-state index contributed by atoms with van der Waals surface area (Å²) in [7, 11) is 0. The number of aliphatic hydroxyl groups excluding tert-OH is 1. The summed E-state index contributed by atoms with van der Waals surface area (Å²) in [6.45, 7) is 2.05. The van der Waals surface area contributed by atoms with E-state index in [0.29, 0.717) is 0 Å². The SMILES string of the molecule is Cc1ccc(Cc2ccc(O)c(O)c2)cc1.OC1CCC2CC12. The Kier molecular flexibility index (Phi) is 4.58. The summed E-state index contributed by atoms with van der Waals surface area (Å²) in [5.41, 5.74) is 3.41. The van der Waals surface area contributed by atoms with E-state index in [1.165, 1.54) is 30.0 Å². The summed E-state index contributed by atoms with van der Waals surface area (Å²) in [6.07, 6.45) is 4.54. The van der Waals surface area contributed by atoms with Crippen molar-refractivity contribution < 1.29 is 15.3 Å². The van der Waals surface area contributed by atoms with Crippen LogP contribution in [0.5, 0.6) is 11.5 Å². The van der Waals surface area contributed by atoms with Crippen LogP contribution in [0.25, 0.3) is 0 Å². The highest BCUT2D eigenvalue weighted by Gasteiger charge is 2.47. The fourth-order valence-electron chi connectivity index (χ4n) is 3.29. The molecule has 0 heterocycles. The smallest absolute Gasteiger partial charge is 0.157 e. The van der Waals surface area contributed by atoms with E-state index in [1.54, 1.807) is 6.07 Å². The van der Waals surface area contributed by atoms with Crippen molar-refractivity contribution in [3.8, 4) is 11.5 Å². The van der Waals surface area contributed by atoms with Crippen LogP contribution in [0.15, 0.2) is 42.5 Å². The largest absolute Gasteiger partial charge is 0.504 e. The van der Waals surface area contributed by atoms with Gasteiger partial charge in [0.05, 0.1) is 6.10 Å². The third-order valence-corrected chi connectivity index (χ3v) is 4.87. The molecule has 2 fully saturated rings. The van der Waals surface area contributed by atoms with Gasteiger partial charge in [-0.25, -0.2) is 0 Å². The molecule has 23 heavy (non-hydrogen) atoms. The Morgan fingerprint density at radius 2 is 1.61 bits per heavy atom. The minimum atomic E-state index is -0.0762. The highest BCUT2D eigenvalue weighted by molar-refractivity contribution is 5.42. The van der Waals surface area contributed by atoms with Crippen molar-refractivity contribution in [2.24, 2.45) is 11.8 Å². The van der Waals surface area contributed by atoms with Crippen LogP contribution in [0, 0.1) is 18.8 Å². The van der Waals surface area contributed by atoms with E-state index in [2.05, 4.69) is 31.2 Å². The van der Waals surface area contributed by atoms with E-state index < -0.39 is 0 Å². The second-order valence-corrected chi connectivity index (χ2v) is 6.79. The number of aromatic hydroxyl groups is 2. The van der Waals surface area contributed by atoms with Gasteiger partial charge in [-0.1, -0.05) is 35.9 Å². The molecule has 3 atom stereocenters. The molecule has 2 aromatic carbocycles. The van der Waals surface area contributed by atoms with E-state index in [-0.39, 0.29) is 17.6 Å². The lowest BCUT2D eigenvalue weighted by molar-refractivity contribution is 0.159. The maximum atomic E-state index is 9.37. The van der Waals surface area contributed by atoms with Gasteiger partial charge in [0.2, 0.25) is 0 Å². The summed E-state index contributed by atoms with van der Waals surface area (Å²) >= 11 is 0. The molecule has 4 rings (SSSR count). The quantitative estimate of drug-likeness (QED) is 0.740. The van der Waals surface area contributed by atoms with Crippen LogP contribution in [0.3, 0.4) is 0 Å². The molecule has 0 bridgehead atoms. The molecule has 0 aromatic heterocycles. The van der Waals surface area contributed by atoms with Crippen LogP contribution in [-0.2, 0) is 6.42 Å². The maximum absolute atomic E-state index is 9.37. The zero-order valence-corrected chi connectivity index (χ0v) is 13.4. The molecule has 3 heteroatoms. The number of fused-ring (bicyclic) bond motifs is 1. The number of rotatable bonds is 2. The summed E-state index contributed by atoms with van der Waals surface area (Å²) in [6, 6.07) is 13.2. The number of hydrogen-bond donors (Lipinski definition) is 3. The van der Waals surface area contributed by atoms with Gasteiger partial charge in [-0.3, -0.25) is 0 Å². The third-order valence-electron chi connectivity index (χ3n) is 4.87. The molecule has 0 spiro atoms. The Morgan fingerprint density at radius 3 is 2.09 bits per heavy atom. The van der Waals surface area contributed by atoms with Crippen molar-refractivity contribution in [1.82, 2.24) is 0 Å². The molecule has 122 valence electrons. The fourth-order valence-corrected chi connectivity index (χ4v) is 3.29. The van der Waals surface area contributed by atoms with Crippen molar-refractivity contribution in [2.45, 2.75) is 38.7 Å². The number of hydrogen-bond acceptors (Lipinski definition) is 3. The van der Waals surface area contributed by atoms with E-state index in [4.69, 9.17) is 5.11 Å². The van der Waals surface area contributed by atoms with E-state index in [9.17, 15) is 10.2 Å². The van der Waals surface area contributed by atoms with Gasteiger partial charge >= 0.3 is 0 Å². The van der Waals surface area contributed by atoms with Crippen molar-refractivity contribution in [3.05, 3.63) is 59.2 Å². The zero-order chi connectivity index (χ0) is 16.4. The van der Waals surface area contributed by atoms with E-state index in [1.807, 2.05) is 6.07 Å². The first kappa shape index (κ1) is 15.9. The number of benzene rings is 2. The summed E-state index contributed by atoms with van der Waals surface area (Å²) in [5.74, 6) is 1.53. The molecule has 3 unspecified atom stereocenters. The van der Waals surface area contributed by atoms with Crippen LogP contribution >= 0.6 is 0 Å². The first-order chi connectivity index (χ1) is 11.0. The Hall–Kier alpha value is -2.00. The van der Waals surface area contributed by atoms with Crippen LogP contribution in [-0.4, -0.2) is 21.4 Å². The predicted molar refractivity (Wildman–Crippen MR) is 90.6 cm³/mol. The average Bonchev–Trinajstić information content (AvgIpc) is 3.24. The van der Waals surface area contributed by atoms with Crippen LogP contribution in [0.4, 0.5) is 0 Å². The Bertz CT molecular complexity index is 663.